The Balaban J connectivity index is 1.20. The molecule has 2 aliphatic heterocycles. The number of rotatable bonds is 11. The summed E-state index contributed by atoms with van der Waals surface area (Å²) in [5.41, 5.74) is -2.75. The number of esters is 1. The molecule has 334 valence electrons. The first kappa shape index (κ1) is 45.0. The van der Waals surface area contributed by atoms with E-state index in [1.54, 1.807) is 13.8 Å². The molecule has 2 spiro atoms. The van der Waals surface area contributed by atoms with Gasteiger partial charge in [-0.25, -0.2) is 0 Å². The zero-order valence-corrected chi connectivity index (χ0v) is 35.6. The maximum Gasteiger partial charge on any atom is 0.303 e. The average molecular weight is 829 g/mol. The molecule has 0 radical (unpaired) electrons. The lowest BCUT2D eigenvalue weighted by atomic mass is 9.41. The van der Waals surface area contributed by atoms with Crippen LogP contribution in [-0.4, -0.2) is 150 Å². The fourth-order valence-corrected chi connectivity index (χ4v) is 14.5. The van der Waals surface area contributed by atoms with Crippen LogP contribution in [0.3, 0.4) is 0 Å². The lowest BCUT2D eigenvalue weighted by Crippen LogP contribution is -2.65. The number of carbonyl (C=O) groups excluding carboxylic acids is 1. The third kappa shape index (κ3) is 6.84. The number of hydrogen-bond donors (Lipinski definition) is 9. The van der Waals surface area contributed by atoms with E-state index in [1.807, 2.05) is 0 Å². The van der Waals surface area contributed by atoms with Gasteiger partial charge in [0.25, 0.3) is 0 Å². The summed E-state index contributed by atoms with van der Waals surface area (Å²) in [5.74, 6) is -0.652. The normalized spacial score (nSPS) is 52.1. The summed E-state index contributed by atoms with van der Waals surface area (Å²) in [7, 11) is 0. The second-order valence-corrected chi connectivity index (χ2v) is 21.3. The maximum absolute atomic E-state index is 12.0. The van der Waals surface area contributed by atoms with Crippen molar-refractivity contribution in [2.75, 3.05) is 13.2 Å². The van der Waals surface area contributed by atoms with Gasteiger partial charge in [-0.1, -0.05) is 34.6 Å². The lowest BCUT2D eigenvalue weighted by Gasteiger charge is -2.65. The molecule has 15 heteroatoms. The van der Waals surface area contributed by atoms with E-state index in [0.29, 0.717) is 32.1 Å². The Morgan fingerprint density at radius 3 is 2.16 bits per heavy atom. The SMILES string of the molecule is CC(=O)OC1COC(OC2CCC34CC35CCC3(C)C(C(C)CCC(O)C(C)(C)O)C(O)CC3(C)C5CC(OC3OC(CO)C(O)C(O)C3O)C4C2(C)C)C(O)C1O. The molecule has 7 fully saturated rings. The predicted octanol–water partition coefficient (Wildman–Crippen LogP) is 1.13. The van der Waals surface area contributed by atoms with Crippen LogP contribution in [0.15, 0.2) is 0 Å². The Morgan fingerprint density at radius 2 is 1.52 bits per heavy atom. The molecule has 7 aliphatic rings. The topological polar surface area (TPSA) is 245 Å². The van der Waals surface area contributed by atoms with E-state index in [-0.39, 0.29) is 51.9 Å². The van der Waals surface area contributed by atoms with Gasteiger partial charge in [-0.05, 0) is 122 Å². The first-order valence-electron chi connectivity index (χ1n) is 21.7. The Morgan fingerprint density at radius 1 is 0.845 bits per heavy atom. The molecule has 15 nitrogen and oxygen atoms in total. The van der Waals surface area contributed by atoms with Crippen LogP contribution in [0.1, 0.15) is 113 Å². The van der Waals surface area contributed by atoms with Crippen molar-refractivity contribution in [3.8, 4) is 0 Å². The molecule has 0 amide bonds. The molecule has 0 aromatic carbocycles. The Kier molecular flexibility index (Phi) is 11.9. The summed E-state index contributed by atoms with van der Waals surface area (Å²) >= 11 is 0. The van der Waals surface area contributed by atoms with Crippen molar-refractivity contribution in [3.63, 3.8) is 0 Å². The minimum Gasteiger partial charge on any atom is -0.457 e. The van der Waals surface area contributed by atoms with Gasteiger partial charge in [0.05, 0.1) is 43.2 Å². The maximum atomic E-state index is 12.0. The van der Waals surface area contributed by atoms with Crippen LogP contribution in [0.25, 0.3) is 0 Å². The molecular weight excluding hydrogens is 756 g/mol. The fourth-order valence-electron chi connectivity index (χ4n) is 14.5. The summed E-state index contributed by atoms with van der Waals surface area (Å²) in [6, 6.07) is 0. The van der Waals surface area contributed by atoms with Crippen LogP contribution in [0.2, 0.25) is 0 Å². The van der Waals surface area contributed by atoms with Crippen LogP contribution in [-0.2, 0) is 28.5 Å². The number of carbonyl (C=O) groups is 1. The van der Waals surface area contributed by atoms with E-state index in [1.165, 1.54) is 6.92 Å². The van der Waals surface area contributed by atoms with Gasteiger partial charge in [-0.2, -0.15) is 0 Å². The van der Waals surface area contributed by atoms with Gasteiger partial charge in [0.2, 0.25) is 0 Å². The van der Waals surface area contributed by atoms with Crippen molar-refractivity contribution >= 4 is 5.97 Å². The largest absolute Gasteiger partial charge is 0.457 e. The zero-order valence-electron chi connectivity index (χ0n) is 35.6. The van der Waals surface area contributed by atoms with Gasteiger partial charge in [0.15, 0.2) is 18.7 Å². The highest BCUT2D eigenvalue weighted by molar-refractivity contribution is 5.66. The molecule has 0 bridgehead atoms. The monoisotopic (exact) mass is 828 g/mol. The summed E-state index contributed by atoms with van der Waals surface area (Å²) in [6.45, 7) is 14.7. The second kappa shape index (κ2) is 15.3. The minimum absolute atomic E-state index is 0.0422. The molecular formula is C43H72O15. The van der Waals surface area contributed by atoms with Crippen LogP contribution < -0.4 is 0 Å². The number of aliphatic hydroxyl groups excluding tert-OH is 8. The minimum atomic E-state index is -1.62. The molecule has 21 unspecified atom stereocenters. The van der Waals surface area contributed by atoms with Crippen molar-refractivity contribution in [2.45, 2.75) is 199 Å². The van der Waals surface area contributed by atoms with E-state index in [4.69, 9.17) is 23.7 Å². The van der Waals surface area contributed by atoms with Gasteiger partial charge in [0, 0.05) is 6.92 Å². The van der Waals surface area contributed by atoms with Crippen molar-refractivity contribution < 1.29 is 74.4 Å². The average Bonchev–Trinajstić information content (AvgIpc) is 3.73. The Hall–Kier alpha value is -1.05. The summed E-state index contributed by atoms with van der Waals surface area (Å²) < 4.78 is 30.5. The van der Waals surface area contributed by atoms with E-state index >= 15 is 0 Å². The summed E-state index contributed by atoms with van der Waals surface area (Å²) in [5, 5.41) is 97.9. The highest BCUT2D eigenvalue weighted by Gasteiger charge is 2.84. The molecule has 5 saturated carbocycles. The predicted molar refractivity (Wildman–Crippen MR) is 205 cm³/mol. The third-order valence-electron chi connectivity index (χ3n) is 17.6. The van der Waals surface area contributed by atoms with Crippen LogP contribution in [0.4, 0.5) is 0 Å². The number of hydrogen-bond acceptors (Lipinski definition) is 15. The first-order chi connectivity index (χ1) is 26.9. The van der Waals surface area contributed by atoms with E-state index in [2.05, 4.69) is 34.6 Å². The molecule has 9 N–H and O–H groups in total. The summed E-state index contributed by atoms with van der Waals surface area (Å²) in [4.78, 5) is 11.6. The van der Waals surface area contributed by atoms with Crippen molar-refractivity contribution in [1.82, 2.24) is 0 Å². The fraction of sp³-hybridized carbons (Fsp3) is 0.977. The van der Waals surface area contributed by atoms with Crippen LogP contribution in [0, 0.1) is 50.7 Å². The smallest absolute Gasteiger partial charge is 0.303 e. The number of fused-ring (bicyclic) bond motifs is 2. The highest BCUT2D eigenvalue weighted by Crippen LogP contribution is 2.89. The molecule has 2 saturated heterocycles. The number of aliphatic hydroxyl groups is 9. The molecule has 0 aromatic heterocycles. The van der Waals surface area contributed by atoms with Gasteiger partial charge in [-0.3, -0.25) is 4.79 Å². The van der Waals surface area contributed by atoms with Gasteiger partial charge < -0.3 is 69.6 Å². The molecule has 2 heterocycles. The van der Waals surface area contributed by atoms with Gasteiger partial charge >= 0.3 is 5.97 Å². The molecule has 5 aliphatic carbocycles. The quantitative estimate of drug-likeness (QED) is 0.105. The van der Waals surface area contributed by atoms with Crippen LogP contribution >= 0.6 is 0 Å². The number of ether oxygens (including phenoxy) is 5. The van der Waals surface area contributed by atoms with E-state index in [9.17, 15) is 50.8 Å². The Labute approximate surface area is 342 Å². The summed E-state index contributed by atoms with van der Waals surface area (Å²) in [6.07, 6.45) is -8.48. The lowest BCUT2D eigenvalue weighted by molar-refractivity contribution is -0.339. The van der Waals surface area contributed by atoms with Crippen molar-refractivity contribution in [1.29, 1.82) is 0 Å². The molecule has 58 heavy (non-hydrogen) atoms. The molecule has 21 atom stereocenters. The second-order valence-electron chi connectivity index (χ2n) is 21.3. The molecule has 0 aromatic rings. The highest BCUT2D eigenvalue weighted by atomic mass is 16.7. The standard InChI is InChI=1S/C43H72O15/c1-20(9-10-27(47)39(5,6)53)29-22(46)16-41(8)26-15-23(56-37-34(52)32(50)30(48)24(17-44)57-37)35-38(3,4)28(11-12-43(35)19-42(26,43)14-13-40(29,41)7)58-36-33(51)31(49)25(18-54-36)55-21(2)45/h20,22-37,44,46-53H,9-19H2,1-8H3. The van der Waals surface area contributed by atoms with Crippen LogP contribution in [0.5, 0.6) is 0 Å². The Bertz CT molecular complexity index is 1500. The van der Waals surface area contributed by atoms with Gasteiger partial charge in [-0.15, -0.1) is 0 Å². The van der Waals surface area contributed by atoms with Crippen molar-refractivity contribution in [3.05, 3.63) is 0 Å². The van der Waals surface area contributed by atoms with Gasteiger partial charge in [0.1, 0.15) is 36.6 Å². The van der Waals surface area contributed by atoms with E-state index in [0.717, 1.165) is 25.7 Å². The van der Waals surface area contributed by atoms with E-state index < -0.39 is 103 Å². The zero-order chi connectivity index (χ0) is 42.7. The third-order valence-corrected chi connectivity index (χ3v) is 17.6. The first-order valence-corrected chi connectivity index (χ1v) is 21.7. The van der Waals surface area contributed by atoms with Crippen molar-refractivity contribution in [2.24, 2.45) is 50.7 Å². The molecule has 7 rings (SSSR count).